The fourth-order valence-corrected chi connectivity index (χ4v) is 3.46. The summed E-state index contributed by atoms with van der Waals surface area (Å²) in [5, 5.41) is 3.00. The zero-order chi connectivity index (χ0) is 14.8. The Morgan fingerprint density at radius 1 is 1.29 bits per heavy atom. The Bertz CT molecular complexity index is 520. The number of carbonyl (C=O) groups excluding carboxylic acids is 1. The van der Waals surface area contributed by atoms with Crippen molar-refractivity contribution in [1.82, 2.24) is 9.80 Å². The van der Waals surface area contributed by atoms with Gasteiger partial charge in [-0.1, -0.05) is 6.07 Å². The van der Waals surface area contributed by atoms with E-state index in [2.05, 4.69) is 17.3 Å². The molecule has 2 bridgehead atoms. The summed E-state index contributed by atoms with van der Waals surface area (Å²) in [5.41, 5.74) is 0.785. The maximum atomic E-state index is 12.6. The third kappa shape index (κ3) is 3.13. The van der Waals surface area contributed by atoms with Crippen LogP contribution in [-0.2, 0) is 0 Å². The van der Waals surface area contributed by atoms with Gasteiger partial charge in [0.25, 0.3) is 0 Å². The molecule has 1 aromatic carbocycles. The van der Waals surface area contributed by atoms with E-state index in [1.54, 1.807) is 7.11 Å². The minimum Gasteiger partial charge on any atom is -0.497 e. The molecule has 114 valence electrons. The first-order valence-corrected chi connectivity index (χ1v) is 7.56. The molecule has 3 heterocycles. The van der Waals surface area contributed by atoms with Gasteiger partial charge in [0, 0.05) is 37.4 Å². The molecule has 1 aromatic rings. The SMILES string of the molecule is COc1cccc(NC(=O)N2C[C@@H]3CC[C@H]2CN(C)C3)c1. The van der Waals surface area contributed by atoms with E-state index < -0.39 is 0 Å². The molecule has 5 nitrogen and oxygen atoms in total. The lowest BCUT2D eigenvalue weighted by Gasteiger charge is -2.36. The summed E-state index contributed by atoms with van der Waals surface area (Å²) in [5.74, 6) is 1.36. The van der Waals surface area contributed by atoms with Gasteiger partial charge in [0.2, 0.25) is 0 Å². The van der Waals surface area contributed by atoms with Crippen LogP contribution in [0.1, 0.15) is 12.8 Å². The van der Waals surface area contributed by atoms with E-state index in [9.17, 15) is 4.79 Å². The van der Waals surface area contributed by atoms with Crippen LogP contribution in [0.25, 0.3) is 0 Å². The Balaban J connectivity index is 1.70. The largest absolute Gasteiger partial charge is 0.497 e. The third-order valence-corrected chi connectivity index (χ3v) is 4.48. The molecular weight excluding hydrogens is 266 g/mol. The molecule has 2 amide bonds. The number of piperidine rings is 1. The fourth-order valence-electron chi connectivity index (χ4n) is 3.46. The van der Waals surface area contributed by atoms with Crippen LogP contribution in [0.2, 0.25) is 0 Å². The Kier molecular flexibility index (Phi) is 4.01. The quantitative estimate of drug-likeness (QED) is 0.908. The van der Waals surface area contributed by atoms with Crippen LogP contribution in [0.3, 0.4) is 0 Å². The second-order valence-electron chi connectivity index (χ2n) is 6.13. The van der Waals surface area contributed by atoms with Crippen LogP contribution >= 0.6 is 0 Å². The van der Waals surface area contributed by atoms with E-state index in [1.807, 2.05) is 29.2 Å². The van der Waals surface area contributed by atoms with Crippen LogP contribution in [0.15, 0.2) is 24.3 Å². The first-order chi connectivity index (χ1) is 10.2. The lowest BCUT2D eigenvalue weighted by atomic mass is 9.95. The molecule has 0 radical (unpaired) electrons. The van der Waals surface area contributed by atoms with Crippen molar-refractivity contribution in [3.63, 3.8) is 0 Å². The van der Waals surface area contributed by atoms with Crippen LogP contribution in [0.4, 0.5) is 10.5 Å². The van der Waals surface area contributed by atoms with Gasteiger partial charge in [-0.25, -0.2) is 4.79 Å². The molecular formula is C16H23N3O2. The van der Waals surface area contributed by atoms with Crippen LogP contribution in [-0.4, -0.2) is 55.7 Å². The van der Waals surface area contributed by atoms with Crippen LogP contribution < -0.4 is 10.1 Å². The molecule has 2 atom stereocenters. The third-order valence-electron chi connectivity index (χ3n) is 4.48. The summed E-state index contributed by atoms with van der Waals surface area (Å²) in [4.78, 5) is 16.9. The lowest BCUT2D eigenvalue weighted by Crippen LogP contribution is -2.49. The number of nitrogens with one attached hydrogen (secondary N) is 1. The van der Waals surface area contributed by atoms with Crippen molar-refractivity contribution < 1.29 is 9.53 Å². The van der Waals surface area contributed by atoms with Crippen molar-refractivity contribution in [3.8, 4) is 5.75 Å². The van der Waals surface area contributed by atoms with Gasteiger partial charge in [0.15, 0.2) is 0 Å². The van der Waals surface area contributed by atoms with E-state index in [-0.39, 0.29) is 6.03 Å². The molecule has 3 aliphatic rings. The lowest BCUT2D eigenvalue weighted by molar-refractivity contribution is 0.152. The predicted molar refractivity (Wildman–Crippen MR) is 82.7 cm³/mol. The highest BCUT2D eigenvalue weighted by Gasteiger charge is 2.36. The van der Waals surface area contributed by atoms with Crippen molar-refractivity contribution in [2.75, 3.05) is 39.1 Å². The fraction of sp³-hybridized carbons (Fsp3) is 0.562. The van der Waals surface area contributed by atoms with E-state index in [0.29, 0.717) is 12.0 Å². The van der Waals surface area contributed by atoms with E-state index >= 15 is 0 Å². The summed E-state index contributed by atoms with van der Waals surface area (Å²) in [6.07, 6.45) is 2.35. The Morgan fingerprint density at radius 2 is 2.14 bits per heavy atom. The molecule has 3 saturated heterocycles. The highest BCUT2D eigenvalue weighted by atomic mass is 16.5. The number of urea groups is 1. The van der Waals surface area contributed by atoms with Gasteiger partial charge in [-0.05, 0) is 37.9 Å². The van der Waals surface area contributed by atoms with Gasteiger partial charge in [0.1, 0.15) is 5.75 Å². The highest BCUT2D eigenvalue weighted by molar-refractivity contribution is 5.89. The first-order valence-electron chi connectivity index (χ1n) is 7.56. The number of nitrogens with zero attached hydrogens (tertiary/aromatic N) is 2. The Hall–Kier alpha value is -1.75. The average molecular weight is 289 g/mol. The van der Waals surface area contributed by atoms with Crippen molar-refractivity contribution in [3.05, 3.63) is 24.3 Å². The number of hydrogen-bond donors (Lipinski definition) is 1. The number of ether oxygens (including phenoxy) is 1. The molecule has 3 aliphatic heterocycles. The second kappa shape index (κ2) is 5.93. The molecule has 3 fully saturated rings. The van der Waals surface area contributed by atoms with E-state index in [0.717, 1.165) is 37.5 Å². The number of carbonyl (C=O) groups is 1. The van der Waals surface area contributed by atoms with Crippen LogP contribution in [0.5, 0.6) is 5.75 Å². The molecule has 0 spiro atoms. The molecule has 5 heteroatoms. The maximum Gasteiger partial charge on any atom is 0.322 e. The zero-order valence-electron chi connectivity index (χ0n) is 12.7. The van der Waals surface area contributed by atoms with Crippen molar-refractivity contribution in [1.29, 1.82) is 0 Å². The maximum absolute atomic E-state index is 12.6. The summed E-state index contributed by atoms with van der Waals surface area (Å²) in [6.45, 7) is 2.94. The number of methoxy groups -OCH3 is 1. The number of anilines is 1. The number of likely N-dealkylation sites (N-methyl/N-ethyl adjacent to an activating group) is 1. The van der Waals surface area contributed by atoms with Gasteiger partial charge >= 0.3 is 6.03 Å². The molecule has 0 aliphatic carbocycles. The first kappa shape index (κ1) is 14.2. The summed E-state index contributed by atoms with van der Waals surface area (Å²) in [6, 6.07) is 7.84. The Labute approximate surface area is 125 Å². The summed E-state index contributed by atoms with van der Waals surface area (Å²) < 4.78 is 5.19. The minimum absolute atomic E-state index is 0.00764. The number of benzene rings is 1. The van der Waals surface area contributed by atoms with Gasteiger partial charge in [0.05, 0.1) is 7.11 Å². The molecule has 1 N–H and O–H groups in total. The summed E-state index contributed by atoms with van der Waals surface area (Å²) >= 11 is 0. The second-order valence-corrected chi connectivity index (χ2v) is 6.13. The zero-order valence-corrected chi connectivity index (χ0v) is 12.7. The van der Waals surface area contributed by atoms with Gasteiger partial charge in [-0.2, -0.15) is 0 Å². The molecule has 21 heavy (non-hydrogen) atoms. The molecule has 0 saturated carbocycles. The van der Waals surface area contributed by atoms with Gasteiger partial charge < -0.3 is 19.9 Å². The van der Waals surface area contributed by atoms with Crippen molar-refractivity contribution in [2.24, 2.45) is 5.92 Å². The monoisotopic (exact) mass is 289 g/mol. The van der Waals surface area contributed by atoms with Gasteiger partial charge in [-0.15, -0.1) is 0 Å². The predicted octanol–water partition coefficient (Wildman–Crippen LogP) is 2.25. The highest BCUT2D eigenvalue weighted by Crippen LogP contribution is 2.28. The van der Waals surface area contributed by atoms with Crippen molar-refractivity contribution in [2.45, 2.75) is 18.9 Å². The molecule has 0 unspecified atom stereocenters. The van der Waals surface area contributed by atoms with E-state index in [4.69, 9.17) is 4.74 Å². The van der Waals surface area contributed by atoms with E-state index in [1.165, 1.54) is 6.42 Å². The smallest absolute Gasteiger partial charge is 0.322 e. The standard InChI is InChI=1S/C16H23N3O2/c1-18-9-12-6-7-14(11-18)19(10-12)16(20)17-13-4-3-5-15(8-13)21-2/h3-5,8,12,14H,6-7,9-11H2,1-2H3,(H,17,20)/t12-,14+/m1/s1. The number of rotatable bonds is 2. The summed E-state index contributed by atoms with van der Waals surface area (Å²) in [7, 11) is 3.78. The normalized spacial score (nSPS) is 25.5. The molecule has 0 aromatic heterocycles. The van der Waals surface area contributed by atoms with Crippen LogP contribution in [0, 0.1) is 5.92 Å². The topological polar surface area (TPSA) is 44.8 Å². The minimum atomic E-state index is 0.00764. The average Bonchev–Trinajstić information content (AvgIpc) is 2.76. The molecule has 4 rings (SSSR count). The number of hydrogen-bond acceptors (Lipinski definition) is 3. The van der Waals surface area contributed by atoms with Crippen molar-refractivity contribution >= 4 is 11.7 Å². The number of amides is 2. The van der Waals surface area contributed by atoms with Gasteiger partial charge in [-0.3, -0.25) is 0 Å². The number of fused-ring (bicyclic) bond motifs is 4. The Morgan fingerprint density at radius 3 is 2.95 bits per heavy atom.